The predicted molar refractivity (Wildman–Crippen MR) is 39.6 cm³/mol. The highest BCUT2D eigenvalue weighted by atomic mass is 16.2. The zero-order chi connectivity index (χ0) is 8.10. The fraction of sp³-hybridized carbons (Fsp3) is 0.625. The van der Waals surface area contributed by atoms with Crippen molar-refractivity contribution in [3.8, 4) is 0 Å². The molecule has 1 rings (SSSR count). The smallest absolute Gasteiger partial charge is 0.164 e. The van der Waals surface area contributed by atoms with Crippen LogP contribution in [0.15, 0.2) is 12.0 Å². The minimum atomic E-state index is 0.296. The number of rotatable bonds is 2. The van der Waals surface area contributed by atoms with Crippen molar-refractivity contribution in [1.82, 2.24) is 4.90 Å². The minimum Gasteiger partial charge on any atom is -0.876 e. The maximum Gasteiger partial charge on any atom is 0.164 e. The minimum absolute atomic E-state index is 0.296. The summed E-state index contributed by atoms with van der Waals surface area (Å²) in [5, 5.41) is 10.3. The average Bonchev–Trinajstić information content (AvgIpc) is 2.09. The van der Waals surface area contributed by atoms with Gasteiger partial charge in [0.1, 0.15) is 0 Å². The molecule has 1 aliphatic heterocycles. The summed E-state index contributed by atoms with van der Waals surface area (Å²) in [6.45, 7) is 1.71. The number of piperidine rings is 1. The van der Waals surface area contributed by atoms with E-state index in [1.165, 1.54) is 6.42 Å². The zero-order valence-electron chi connectivity index (χ0n) is 6.45. The Bertz CT molecular complexity index is 159. The van der Waals surface area contributed by atoms with E-state index in [1.54, 1.807) is 0 Å². The monoisotopic (exact) mass is 154 g/mol. The molecule has 1 saturated heterocycles. The quantitative estimate of drug-likeness (QED) is 0.316. The van der Waals surface area contributed by atoms with Crippen molar-refractivity contribution in [2.75, 3.05) is 13.1 Å². The van der Waals surface area contributed by atoms with Crippen LogP contribution in [0.3, 0.4) is 0 Å². The first-order valence-corrected chi connectivity index (χ1v) is 3.90. The van der Waals surface area contributed by atoms with E-state index in [4.69, 9.17) is 0 Å². The van der Waals surface area contributed by atoms with Gasteiger partial charge in [-0.2, -0.15) is 0 Å². The Morgan fingerprint density at radius 3 is 2.36 bits per heavy atom. The highest BCUT2D eigenvalue weighted by molar-refractivity contribution is 5.71. The Kier molecular flexibility index (Phi) is 2.95. The van der Waals surface area contributed by atoms with Crippen molar-refractivity contribution < 1.29 is 9.90 Å². The molecular weight excluding hydrogens is 142 g/mol. The van der Waals surface area contributed by atoms with E-state index in [0.29, 0.717) is 18.2 Å². The van der Waals surface area contributed by atoms with Crippen molar-refractivity contribution in [3.63, 3.8) is 0 Å². The molecule has 0 N–H and O–H groups in total. The maximum atomic E-state index is 10.3. The van der Waals surface area contributed by atoms with Crippen LogP contribution in [0.1, 0.15) is 19.3 Å². The highest BCUT2D eigenvalue weighted by Gasteiger charge is 2.10. The van der Waals surface area contributed by atoms with Crippen molar-refractivity contribution in [2.45, 2.75) is 19.3 Å². The van der Waals surface area contributed by atoms with E-state index in [0.717, 1.165) is 25.9 Å². The van der Waals surface area contributed by atoms with E-state index in [9.17, 15) is 9.90 Å². The van der Waals surface area contributed by atoms with Crippen molar-refractivity contribution in [2.24, 2.45) is 0 Å². The van der Waals surface area contributed by atoms with E-state index in [1.807, 2.05) is 4.90 Å². The van der Waals surface area contributed by atoms with E-state index >= 15 is 0 Å². The third-order valence-corrected chi connectivity index (χ3v) is 1.96. The highest BCUT2D eigenvalue weighted by Crippen LogP contribution is 2.12. The lowest BCUT2D eigenvalue weighted by molar-refractivity contribution is -0.277. The van der Waals surface area contributed by atoms with E-state index in [2.05, 4.69) is 0 Å². The molecule has 0 radical (unpaired) electrons. The Labute approximate surface area is 66.3 Å². The Hall–Kier alpha value is -0.990. The van der Waals surface area contributed by atoms with Gasteiger partial charge in [-0.05, 0) is 19.3 Å². The number of carbonyl (C=O) groups is 1. The van der Waals surface area contributed by atoms with Gasteiger partial charge in [-0.25, -0.2) is 0 Å². The molecule has 3 heteroatoms. The van der Waals surface area contributed by atoms with E-state index in [-0.39, 0.29) is 0 Å². The number of allylic oxidation sites excluding steroid dienone is 1. The van der Waals surface area contributed by atoms with Gasteiger partial charge in [0.15, 0.2) is 6.29 Å². The van der Waals surface area contributed by atoms with Crippen LogP contribution in [-0.4, -0.2) is 24.3 Å². The lowest BCUT2D eigenvalue weighted by atomic mass is 10.1. The summed E-state index contributed by atoms with van der Waals surface area (Å²) in [6.07, 6.45) is 4.66. The molecular formula is C8H12NO2-. The zero-order valence-corrected chi connectivity index (χ0v) is 6.45. The molecule has 62 valence electrons. The Balaban J connectivity index is 2.49. The van der Waals surface area contributed by atoms with Gasteiger partial charge in [0, 0.05) is 13.1 Å². The predicted octanol–water partition coefficient (Wildman–Crippen LogP) is -0.127. The third-order valence-electron chi connectivity index (χ3n) is 1.96. The topological polar surface area (TPSA) is 43.4 Å². The summed E-state index contributed by atoms with van der Waals surface area (Å²) in [6, 6.07) is 0. The summed E-state index contributed by atoms with van der Waals surface area (Å²) in [7, 11) is 0. The molecule has 1 fully saturated rings. The molecule has 0 amide bonds. The largest absolute Gasteiger partial charge is 0.876 e. The maximum absolute atomic E-state index is 10.3. The second-order valence-electron chi connectivity index (χ2n) is 2.71. The number of carbonyl (C=O) groups excluding carboxylic acids is 1. The second kappa shape index (κ2) is 4.01. The van der Waals surface area contributed by atoms with Gasteiger partial charge in [0.25, 0.3) is 0 Å². The molecule has 3 nitrogen and oxygen atoms in total. The number of hydrogen-bond donors (Lipinski definition) is 0. The van der Waals surface area contributed by atoms with Gasteiger partial charge in [-0.15, -0.1) is 6.26 Å². The molecule has 0 spiro atoms. The first-order chi connectivity index (χ1) is 5.38. The fourth-order valence-corrected chi connectivity index (χ4v) is 1.33. The molecule has 1 heterocycles. The summed E-state index contributed by atoms with van der Waals surface area (Å²) >= 11 is 0. The molecule has 0 bridgehead atoms. The van der Waals surface area contributed by atoms with Crippen LogP contribution < -0.4 is 5.11 Å². The standard InChI is InChI=1S/C8H13NO2/c10-6-8(7-11)9-4-2-1-3-5-9/h6-7,10H,1-5H2/p-1/b8-6+. The molecule has 0 aliphatic carbocycles. The third kappa shape index (κ3) is 1.97. The van der Waals surface area contributed by atoms with Crippen LogP contribution in [0.25, 0.3) is 0 Å². The SMILES string of the molecule is O=C/C(=C\[O-])N1CCCCC1. The van der Waals surface area contributed by atoms with Crippen LogP contribution in [-0.2, 0) is 4.79 Å². The number of hydrogen-bond acceptors (Lipinski definition) is 3. The van der Waals surface area contributed by atoms with Crippen molar-refractivity contribution in [3.05, 3.63) is 12.0 Å². The first-order valence-electron chi connectivity index (χ1n) is 3.90. The van der Waals surface area contributed by atoms with Gasteiger partial charge in [-0.1, -0.05) is 0 Å². The lowest BCUT2D eigenvalue weighted by Crippen LogP contribution is -2.30. The second-order valence-corrected chi connectivity index (χ2v) is 2.71. The number of likely N-dealkylation sites (tertiary alicyclic amines) is 1. The van der Waals surface area contributed by atoms with Crippen molar-refractivity contribution in [1.29, 1.82) is 0 Å². The molecule has 0 atom stereocenters. The molecule has 1 aliphatic rings. The van der Waals surface area contributed by atoms with Gasteiger partial charge in [-0.3, -0.25) is 4.79 Å². The summed E-state index contributed by atoms with van der Waals surface area (Å²) in [4.78, 5) is 12.2. The lowest BCUT2D eigenvalue weighted by Gasteiger charge is -2.29. The molecule has 11 heavy (non-hydrogen) atoms. The summed E-state index contributed by atoms with van der Waals surface area (Å²) < 4.78 is 0. The molecule has 0 saturated carbocycles. The molecule has 0 aromatic carbocycles. The van der Waals surface area contributed by atoms with Crippen LogP contribution in [0.2, 0.25) is 0 Å². The van der Waals surface area contributed by atoms with Crippen molar-refractivity contribution >= 4 is 6.29 Å². The molecule has 0 aromatic rings. The Morgan fingerprint density at radius 1 is 1.27 bits per heavy atom. The van der Waals surface area contributed by atoms with Crippen LogP contribution >= 0.6 is 0 Å². The van der Waals surface area contributed by atoms with Gasteiger partial charge >= 0.3 is 0 Å². The average molecular weight is 154 g/mol. The normalized spacial score (nSPS) is 20.0. The first kappa shape index (κ1) is 8.11. The van der Waals surface area contributed by atoms with Gasteiger partial charge in [0.2, 0.25) is 0 Å². The van der Waals surface area contributed by atoms with E-state index < -0.39 is 0 Å². The molecule has 0 aromatic heterocycles. The summed E-state index contributed by atoms with van der Waals surface area (Å²) in [5.74, 6) is 0. The fourth-order valence-electron chi connectivity index (χ4n) is 1.33. The molecule has 0 unspecified atom stereocenters. The van der Waals surface area contributed by atoms with Gasteiger partial charge in [0.05, 0.1) is 5.70 Å². The number of nitrogens with zero attached hydrogens (tertiary/aromatic N) is 1. The van der Waals surface area contributed by atoms with Gasteiger partial charge < -0.3 is 10.0 Å². The van der Waals surface area contributed by atoms with Crippen LogP contribution in [0.4, 0.5) is 0 Å². The Morgan fingerprint density at radius 2 is 1.91 bits per heavy atom. The number of aldehydes is 1. The van der Waals surface area contributed by atoms with Crippen LogP contribution in [0.5, 0.6) is 0 Å². The van der Waals surface area contributed by atoms with Crippen LogP contribution in [0, 0.1) is 0 Å². The summed E-state index contributed by atoms with van der Waals surface area (Å²) in [5.41, 5.74) is 0.296.